The number of rotatable bonds is 4. The van der Waals surface area contributed by atoms with Gasteiger partial charge in [0.05, 0.1) is 12.0 Å². The zero-order valence-corrected chi connectivity index (χ0v) is 8.70. The molecule has 1 atom stereocenters. The second kappa shape index (κ2) is 5.25. The Labute approximate surface area is 92.1 Å². The van der Waals surface area contributed by atoms with Crippen molar-refractivity contribution in [3.63, 3.8) is 0 Å². The molecule has 5 heteroatoms. The average Bonchev–Trinajstić information content (AvgIpc) is 2.19. The van der Waals surface area contributed by atoms with Gasteiger partial charge >= 0.3 is 0 Å². The van der Waals surface area contributed by atoms with Crippen molar-refractivity contribution in [2.24, 2.45) is 0 Å². The fraction of sp³-hybridized carbons (Fsp3) is 0.273. The predicted octanol–water partition coefficient (Wildman–Crippen LogP) is -0.377. The first kappa shape index (κ1) is 12.2. The van der Waals surface area contributed by atoms with Crippen molar-refractivity contribution in [3.05, 3.63) is 35.6 Å². The van der Waals surface area contributed by atoms with E-state index in [0.29, 0.717) is 5.56 Å². The summed E-state index contributed by atoms with van der Waals surface area (Å²) >= 11 is 0. The van der Waals surface area contributed by atoms with E-state index in [1.807, 2.05) is 0 Å². The molecule has 0 spiro atoms. The second-order valence-corrected chi connectivity index (χ2v) is 3.40. The SMILES string of the molecule is CC(=O)NC(Cc1ccc(F)cc1)C(=O)[O-]. The van der Waals surface area contributed by atoms with Crippen LogP contribution in [0, 0.1) is 5.82 Å². The number of benzene rings is 1. The molecule has 1 rings (SSSR count). The van der Waals surface area contributed by atoms with Gasteiger partial charge in [-0.1, -0.05) is 12.1 Å². The van der Waals surface area contributed by atoms with E-state index in [9.17, 15) is 19.1 Å². The molecule has 0 heterocycles. The van der Waals surface area contributed by atoms with Crippen LogP contribution in [0.15, 0.2) is 24.3 Å². The molecule has 1 amide bonds. The van der Waals surface area contributed by atoms with Gasteiger partial charge in [0.1, 0.15) is 5.82 Å². The highest BCUT2D eigenvalue weighted by Gasteiger charge is 2.11. The lowest BCUT2D eigenvalue weighted by Crippen LogP contribution is -2.48. The van der Waals surface area contributed by atoms with Crippen molar-refractivity contribution < 1.29 is 19.1 Å². The molecule has 4 nitrogen and oxygen atoms in total. The van der Waals surface area contributed by atoms with Gasteiger partial charge in [0.25, 0.3) is 0 Å². The van der Waals surface area contributed by atoms with Crippen LogP contribution in [-0.4, -0.2) is 17.9 Å². The largest absolute Gasteiger partial charge is 0.548 e. The van der Waals surface area contributed by atoms with Gasteiger partial charge in [-0.25, -0.2) is 4.39 Å². The summed E-state index contributed by atoms with van der Waals surface area (Å²) in [6, 6.07) is 4.30. The van der Waals surface area contributed by atoms with Crippen LogP contribution in [-0.2, 0) is 16.0 Å². The molecular formula is C11H11FNO3-. The first-order chi connectivity index (χ1) is 7.49. The Balaban J connectivity index is 2.71. The molecule has 0 saturated carbocycles. The van der Waals surface area contributed by atoms with Crippen LogP contribution in [0.25, 0.3) is 0 Å². The number of hydrogen-bond acceptors (Lipinski definition) is 3. The number of carboxylic acids is 1. The van der Waals surface area contributed by atoms with Crippen molar-refractivity contribution in [2.45, 2.75) is 19.4 Å². The van der Waals surface area contributed by atoms with Crippen molar-refractivity contribution in [3.8, 4) is 0 Å². The maximum atomic E-state index is 12.6. The maximum Gasteiger partial charge on any atom is 0.217 e. The van der Waals surface area contributed by atoms with Gasteiger partial charge in [0.2, 0.25) is 5.91 Å². The predicted molar refractivity (Wildman–Crippen MR) is 52.7 cm³/mol. The Kier molecular flexibility index (Phi) is 3.99. The zero-order chi connectivity index (χ0) is 12.1. The zero-order valence-electron chi connectivity index (χ0n) is 8.70. The van der Waals surface area contributed by atoms with Crippen molar-refractivity contribution in [1.29, 1.82) is 0 Å². The summed E-state index contributed by atoms with van der Waals surface area (Å²) < 4.78 is 12.6. The molecule has 0 aliphatic heterocycles. The smallest absolute Gasteiger partial charge is 0.217 e. The molecular weight excluding hydrogens is 213 g/mol. The Morgan fingerprint density at radius 1 is 1.38 bits per heavy atom. The Morgan fingerprint density at radius 3 is 2.38 bits per heavy atom. The lowest BCUT2D eigenvalue weighted by atomic mass is 10.1. The maximum absolute atomic E-state index is 12.6. The van der Waals surface area contributed by atoms with Gasteiger partial charge in [-0.2, -0.15) is 0 Å². The fourth-order valence-electron chi connectivity index (χ4n) is 1.29. The molecule has 1 N–H and O–H groups in total. The standard InChI is InChI=1S/C11H12FNO3/c1-7(14)13-10(11(15)16)6-8-2-4-9(12)5-3-8/h2-5,10H,6H2,1H3,(H,13,14)(H,15,16)/p-1. The summed E-state index contributed by atoms with van der Waals surface area (Å²) in [6.45, 7) is 1.22. The molecule has 0 aromatic heterocycles. The van der Waals surface area contributed by atoms with Crippen LogP contribution in [0.5, 0.6) is 0 Å². The lowest BCUT2D eigenvalue weighted by Gasteiger charge is -2.18. The van der Waals surface area contributed by atoms with Crippen molar-refractivity contribution in [1.82, 2.24) is 5.32 Å². The summed E-state index contributed by atoms with van der Waals surface area (Å²) in [5.41, 5.74) is 0.615. The van der Waals surface area contributed by atoms with E-state index >= 15 is 0 Å². The summed E-state index contributed by atoms with van der Waals surface area (Å²) in [7, 11) is 0. The third-order valence-electron chi connectivity index (χ3n) is 2.02. The van der Waals surface area contributed by atoms with Gasteiger partial charge in [-0.15, -0.1) is 0 Å². The summed E-state index contributed by atoms with van der Waals surface area (Å²) in [5.74, 6) is -2.20. The Bertz CT molecular complexity index is 389. The summed E-state index contributed by atoms with van der Waals surface area (Å²) in [4.78, 5) is 21.4. The third kappa shape index (κ3) is 3.68. The molecule has 0 saturated heterocycles. The minimum atomic E-state index is -1.36. The van der Waals surface area contributed by atoms with Crippen LogP contribution < -0.4 is 10.4 Å². The first-order valence-corrected chi connectivity index (χ1v) is 4.71. The van der Waals surface area contributed by atoms with Crippen LogP contribution in [0.4, 0.5) is 4.39 Å². The van der Waals surface area contributed by atoms with Gasteiger partial charge < -0.3 is 15.2 Å². The van der Waals surface area contributed by atoms with Gasteiger partial charge in [-0.3, -0.25) is 4.79 Å². The second-order valence-electron chi connectivity index (χ2n) is 3.40. The highest BCUT2D eigenvalue weighted by molar-refractivity contribution is 5.81. The Hall–Kier alpha value is -1.91. The number of nitrogens with one attached hydrogen (secondary N) is 1. The van der Waals surface area contributed by atoms with E-state index in [1.54, 1.807) is 0 Å². The van der Waals surface area contributed by atoms with E-state index in [0.717, 1.165) is 0 Å². The average molecular weight is 224 g/mol. The van der Waals surface area contributed by atoms with E-state index < -0.39 is 23.7 Å². The van der Waals surface area contributed by atoms with E-state index in [2.05, 4.69) is 5.32 Å². The van der Waals surface area contributed by atoms with E-state index in [1.165, 1.54) is 31.2 Å². The fourth-order valence-corrected chi connectivity index (χ4v) is 1.29. The first-order valence-electron chi connectivity index (χ1n) is 4.71. The monoisotopic (exact) mass is 224 g/mol. The molecule has 1 aromatic carbocycles. The van der Waals surface area contributed by atoms with E-state index in [4.69, 9.17) is 0 Å². The number of halogens is 1. The molecule has 0 fully saturated rings. The van der Waals surface area contributed by atoms with Gasteiger partial charge in [0.15, 0.2) is 0 Å². The number of carbonyl (C=O) groups is 2. The molecule has 0 bridgehead atoms. The number of hydrogen-bond donors (Lipinski definition) is 1. The van der Waals surface area contributed by atoms with Crippen LogP contribution in [0.1, 0.15) is 12.5 Å². The third-order valence-corrected chi connectivity index (χ3v) is 2.02. The van der Waals surface area contributed by atoms with Crippen LogP contribution in [0.3, 0.4) is 0 Å². The molecule has 86 valence electrons. The minimum Gasteiger partial charge on any atom is -0.548 e. The number of carboxylic acid groups (broad SMARTS) is 1. The van der Waals surface area contributed by atoms with Crippen LogP contribution >= 0.6 is 0 Å². The molecule has 1 aromatic rings. The molecule has 1 unspecified atom stereocenters. The summed E-state index contributed by atoms with van der Waals surface area (Å²) in [5, 5.41) is 13.0. The molecule has 16 heavy (non-hydrogen) atoms. The van der Waals surface area contributed by atoms with Crippen molar-refractivity contribution >= 4 is 11.9 Å². The highest BCUT2D eigenvalue weighted by atomic mass is 19.1. The van der Waals surface area contributed by atoms with E-state index in [-0.39, 0.29) is 6.42 Å². The van der Waals surface area contributed by atoms with Crippen molar-refractivity contribution in [2.75, 3.05) is 0 Å². The Morgan fingerprint density at radius 2 is 1.94 bits per heavy atom. The quantitative estimate of drug-likeness (QED) is 0.758. The summed E-state index contributed by atoms with van der Waals surface area (Å²) in [6.07, 6.45) is 0.0716. The number of amides is 1. The minimum absolute atomic E-state index is 0.0716. The van der Waals surface area contributed by atoms with Gasteiger partial charge in [0, 0.05) is 6.92 Å². The lowest BCUT2D eigenvalue weighted by molar-refractivity contribution is -0.308. The molecule has 0 radical (unpaired) electrons. The number of carbonyl (C=O) groups excluding carboxylic acids is 2. The molecule has 0 aliphatic carbocycles. The normalized spacial score (nSPS) is 11.9. The highest BCUT2D eigenvalue weighted by Crippen LogP contribution is 2.05. The van der Waals surface area contributed by atoms with Gasteiger partial charge in [-0.05, 0) is 24.1 Å². The van der Waals surface area contributed by atoms with Crippen LogP contribution in [0.2, 0.25) is 0 Å². The molecule has 0 aliphatic rings. The number of aliphatic carboxylic acids is 1. The topological polar surface area (TPSA) is 69.2 Å².